The van der Waals surface area contributed by atoms with E-state index in [2.05, 4.69) is 0 Å². The van der Waals surface area contributed by atoms with Gasteiger partial charge in [-0.25, -0.2) is 0 Å². The average Bonchev–Trinajstić information content (AvgIpc) is 2.28. The highest BCUT2D eigenvalue weighted by Crippen LogP contribution is 2.20. The number of hydrogen-bond donors (Lipinski definition) is 1. The minimum absolute atomic E-state index is 0.529. The fourth-order valence-corrected chi connectivity index (χ4v) is 2.24. The molecule has 1 rings (SSSR count). The van der Waals surface area contributed by atoms with Gasteiger partial charge in [-0.15, -0.1) is 0 Å². The molecule has 0 aliphatic carbocycles. The maximum absolute atomic E-state index is 10.7. The van der Waals surface area contributed by atoms with Crippen molar-refractivity contribution in [2.24, 2.45) is 0 Å². The lowest BCUT2D eigenvalue weighted by molar-refractivity contribution is -0.136. The van der Waals surface area contributed by atoms with Crippen LogP contribution < -0.4 is 4.90 Å². The molecule has 86 valence electrons. The number of carboxylic acids is 1. The van der Waals surface area contributed by atoms with E-state index in [1.807, 2.05) is 37.4 Å². The summed E-state index contributed by atoms with van der Waals surface area (Å²) in [5, 5.41) is 8.26. The van der Waals surface area contributed by atoms with Crippen molar-refractivity contribution in [1.29, 1.82) is 0 Å². The fourth-order valence-electron chi connectivity index (χ4n) is 1.04. The Morgan fingerprint density at radius 1 is 1.44 bits per heavy atom. The van der Waals surface area contributed by atoms with Gasteiger partial charge in [0.05, 0.1) is 0 Å². The van der Waals surface area contributed by atoms with Crippen LogP contribution in [-0.2, 0) is 4.79 Å². The molecule has 1 aromatic carbocycles. The molecule has 0 aliphatic rings. The second-order valence-corrected chi connectivity index (χ2v) is 5.23. The maximum atomic E-state index is 10.7. The van der Waals surface area contributed by atoms with E-state index < -0.39 is 11.2 Å². The van der Waals surface area contributed by atoms with E-state index in [1.54, 1.807) is 11.8 Å². The molecule has 0 radical (unpaired) electrons. The number of carbonyl (C=O) groups is 1. The highest BCUT2D eigenvalue weighted by atomic mass is 32.2. The van der Waals surface area contributed by atoms with Gasteiger partial charge in [-0.2, -0.15) is 0 Å². The van der Waals surface area contributed by atoms with E-state index in [9.17, 15) is 4.79 Å². The lowest BCUT2D eigenvalue weighted by atomic mass is 10.3. The summed E-state index contributed by atoms with van der Waals surface area (Å²) in [5.74, 6) is -0.853. The summed E-state index contributed by atoms with van der Waals surface area (Å²) >= 11 is 6.35. The molecule has 16 heavy (non-hydrogen) atoms. The van der Waals surface area contributed by atoms with E-state index in [-0.39, 0.29) is 0 Å². The first-order valence-electron chi connectivity index (χ1n) is 4.74. The molecular formula is C11H13NO2S2. The van der Waals surface area contributed by atoms with Gasteiger partial charge in [0.2, 0.25) is 0 Å². The zero-order chi connectivity index (χ0) is 12.1. The monoisotopic (exact) mass is 255 g/mol. The van der Waals surface area contributed by atoms with Gasteiger partial charge in [0, 0.05) is 12.7 Å². The summed E-state index contributed by atoms with van der Waals surface area (Å²) in [6, 6.07) is 9.61. The third-order valence-corrected chi connectivity index (χ3v) is 3.64. The molecule has 0 spiro atoms. The number of thioether (sulfide) groups is 1. The minimum atomic E-state index is -0.853. The first-order valence-corrected chi connectivity index (χ1v) is 6.03. The Morgan fingerprint density at radius 3 is 2.50 bits per heavy atom. The van der Waals surface area contributed by atoms with Crippen molar-refractivity contribution in [2.75, 3.05) is 11.9 Å². The van der Waals surface area contributed by atoms with Gasteiger partial charge >= 0.3 is 5.97 Å². The van der Waals surface area contributed by atoms with Gasteiger partial charge in [-0.3, -0.25) is 4.79 Å². The molecule has 5 heteroatoms. The van der Waals surface area contributed by atoms with E-state index in [0.717, 1.165) is 5.69 Å². The number of carboxylic acid groups (broad SMARTS) is 1. The molecule has 0 aliphatic heterocycles. The molecule has 1 N–H and O–H groups in total. The van der Waals surface area contributed by atoms with Crippen LogP contribution in [0.2, 0.25) is 0 Å². The number of para-hydroxylation sites is 1. The molecule has 0 heterocycles. The number of hydrogen-bond acceptors (Lipinski definition) is 3. The fraction of sp³-hybridized carbons (Fsp3) is 0.273. The van der Waals surface area contributed by atoms with Crippen molar-refractivity contribution < 1.29 is 9.90 Å². The minimum Gasteiger partial charge on any atom is -0.480 e. The Morgan fingerprint density at radius 2 is 2.00 bits per heavy atom. The molecule has 0 unspecified atom stereocenters. The summed E-state index contributed by atoms with van der Waals surface area (Å²) in [6.07, 6.45) is 0. The number of anilines is 1. The SMILES string of the molecule is C[C@H](SC(=S)N(C)c1ccccc1)C(=O)O. The summed E-state index contributed by atoms with van der Waals surface area (Å²) in [7, 11) is 1.83. The van der Waals surface area contributed by atoms with Crippen molar-refractivity contribution in [3.8, 4) is 0 Å². The molecule has 1 atom stereocenters. The van der Waals surface area contributed by atoms with Gasteiger partial charge in [0.25, 0.3) is 0 Å². The van der Waals surface area contributed by atoms with E-state index in [0.29, 0.717) is 4.32 Å². The summed E-state index contributed by atoms with van der Waals surface area (Å²) < 4.78 is 0.557. The van der Waals surface area contributed by atoms with Crippen LogP contribution in [-0.4, -0.2) is 27.7 Å². The van der Waals surface area contributed by atoms with E-state index in [4.69, 9.17) is 17.3 Å². The summed E-state index contributed by atoms with van der Waals surface area (Å²) in [5.41, 5.74) is 0.956. The molecule has 0 aromatic heterocycles. The molecule has 0 fully saturated rings. The van der Waals surface area contributed by atoms with Gasteiger partial charge in [-0.1, -0.05) is 42.2 Å². The van der Waals surface area contributed by atoms with Crippen LogP contribution in [0.25, 0.3) is 0 Å². The zero-order valence-corrected chi connectivity index (χ0v) is 10.7. The van der Waals surface area contributed by atoms with Crippen molar-refractivity contribution >= 4 is 40.0 Å². The van der Waals surface area contributed by atoms with Crippen molar-refractivity contribution in [1.82, 2.24) is 0 Å². The average molecular weight is 255 g/mol. The predicted octanol–water partition coefficient (Wildman–Crippen LogP) is 2.61. The zero-order valence-electron chi connectivity index (χ0n) is 9.08. The van der Waals surface area contributed by atoms with Gasteiger partial charge < -0.3 is 10.0 Å². The quantitative estimate of drug-likeness (QED) is 0.841. The first-order chi connectivity index (χ1) is 7.52. The largest absolute Gasteiger partial charge is 0.480 e. The highest BCUT2D eigenvalue weighted by Gasteiger charge is 2.16. The maximum Gasteiger partial charge on any atom is 0.316 e. The van der Waals surface area contributed by atoms with Gasteiger partial charge in [0.1, 0.15) is 9.57 Å². The van der Waals surface area contributed by atoms with Crippen LogP contribution >= 0.6 is 24.0 Å². The van der Waals surface area contributed by atoms with Gasteiger partial charge in [-0.05, 0) is 19.1 Å². The number of thiocarbonyl (C=S) groups is 1. The Kier molecular flexibility index (Phi) is 4.76. The normalized spacial score (nSPS) is 11.9. The van der Waals surface area contributed by atoms with Gasteiger partial charge in [0.15, 0.2) is 0 Å². The number of rotatable bonds is 3. The molecule has 0 saturated carbocycles. The lowest BCUT2D eigenvalue weighted by Gasteiger charge is -2.20. The molecular weight excluding hydrogens is 242 g/mol. The Labute approximate surface area is 104 Å². The van der Waals surface area contributed by atoms with Crippen molar-refractivity contribution in [3.63, 3.8) is 0 Å². The third-order valence-electron chi connectivity index (χ3n) is 2.04. The predicted molar refractivity (Wildman–Crippen MR) is 72.1 cm³/mol. The summed E-state index contributed by atoms with van der Waals surface area (Å²) in [4.78, 5) is 12.5. The second-order valence-electron chi connectivity index (χ2n) is 3.26. The van der Waals surface area contributed by atoms with E-state index >= 15 is 0 Å². The topological polar surface area (TPSA) is 40.5 Å². The van der Waals surface area contributed by atoms with Crippen LogP contribution in [0.1, 0.15) is 6.92 Å². The van der Waals surface area contributed by atoms with Crippen LogP contribution in [0.5, 0.6) is 0 Å². The highest BCUT2D eigenvalue weighted by molar-refractivity contribution is 8.24. The Balaban J connectivity index is 2.65. The Hall–Kier alpha value is -1.07. The molecule has 1 aromatic rings. The third kappa shape index (κ3) is 3.50. The van der Waals surface area contributed by atoms with Crippen LogP contribution in [0, 0.1) is 0 Å². The van der Waals surface area contributed by atoms with Crippen LogP contribution in [0.3, 0.4) is 0 Å². The first kappa shape index (κ1) is 13.0. The smallest absolute Gasteiger partial charge is 0.316 e. The van der Waals surface area contributed by atoms with Crippen LogP contribution in [0.15, 0.2) is 30.3 Å². The summed E-state index contributed by atoms with van der Waals surface area (Å²) in [6.45, 7) is 1.62. The van der Waals surface area contributed by atoms with Crippen LogP contribution in [0.4, 0.5) is 5.69 Å². The number of aliphatic carboxylic acids is 1. The molecule has 0 bridgehead atoms. The lowest BCUT2D eigenvalue weighted by Crippen LogP contribution is -2.25. The molecule has 0 saturated heterocycles. The number of nitrogens with zero attached hydrogens (tertiary/aromatic N) is 1. The number of benzene rings is 1. The Bertz CT molecular complexity index is 381. The second kappa shape index (κ2) is 5.86. The standard InChI is InChI=1S/C11H13NO2S2/c1-8(10(13)14)16-11(15)12(2)9-6-4-3-5-7-9/h3-8H,1-2H3,(H,13,14)/t8-/m0/s1. The van der Waals surface area contributed by atoms with E-state index in [1.165, 1.54) is 11.8 Å². The molecule has 0 amide bonds. The van der Waals surface area contributed by atoms with Crippen molar-refractivity contribution in [3.05, 3.63) is 30.3 Å². The van der Waals surface area contributed by atoms with Crippen molar-refractivity contribution in [2.45, 2.75) is 12.2 Å². The molecule has 3 nitrogen and oxygen atoms in total.